The molecule has 0 unspecified atom stereocenters. The Hall–Kier alpha value is -0.545. The van der Waals surface area contributed by atoms with E-state index in [1.165, 1.54) is 5.38 Å². The Morgan fingerprint density at radius 3 is 3.00 bits per heavy atom. The van der Waals surface area contributed by atoms with Crippen LogP contribution in [-0.2, 0) is 4.79 Å². The second kappa shape index (κ2) is 3.73. The molecule has 6 heteroatoms. The van der Waals surface area contributed by atoms with Gasteiger partial charge < -0.3 is 10.0 Å². The molecule has 0 radical (unpaired) electrons. The first-order valence-electron chi connectivity index (χ1n) is 2.85. The Kier molecular flexibility index (Phi) is 2.90. The van der Waals surface area contributed by atoms with E-state index in [-0.39, 0.29) is 13.1 Å². The van der Waals surface area contributed by atoms with Gasteiger partial charge in [-0.3, -0.25) is 0 Å². The van der Waals surface area contributed by atoms with E-state index in [1.807, 2.05) is 0 Å². The summed E-state index contributed by atoms with van der Waals surface area (Å²) in [5.74, 6) is 0. The maximum absolute atomic E-state index is 12.7. The molecule has 0 aliphatic heterocycles. The molecule has 0 fully saturated rings. The van der Waals surface area contributed by atoms with E-state index in [0.29, 0.717) is 11.2 Å². The van der Waals surface area contributed by atoms with E-state index in [4.69, 9.17) is 11.6 Å². The number of anilines is 1. The predicted molar refractivity (Wildman–Crippen MR) is 46.8 cm³/mol. The Morgan fingerprint density at radius 2 is 2.55 bits per heavy atom. The van der Waals surface area contributed by atoms with Crippen LogP contribution in [0.25, 0.3) is 0 Å². The summed E-state index contributed by atoms with van der Waals surface area (Å²) in [4.78, 5) is 9.90. The number of hydrogen-bond donors (Lipinski definition) is 1. The first-order valence-corrected chi connectivity index (χ1v) is 4.11. The quantitative estimate of drug-likeness (QED) is 0.579. The van der Waals surface area contributed by atoms with Crippen molar-refractivity contribution < 1.29 is 9.18 Å². The molecule has 0 aliphatic carbocycles. The van der Waals surface area contributed by atoms with E-state index in [2.05, 4.69) is 5.23 Å². The maximum atomic E-state index is 12.7. The molecule has 11 heavy (non-hydrogen) atoms. The van der Waals surface area contributed by atoms with Gasteiger partial charge in [0.2, 0.25) is 0 Å². The number of carbonyl (C=O) groups excluding carboxylic acids is 1. The van der Waals surface area contributed by atoms with Crippen molar-refractivity contribution in [2.75, 3.05) is 5.23 Å². The summed E-state index contributed by atoms with van der Waals surface area (Å²) in [6.07, 6.45) is 0.646. The summed E-state index contributed by atoms with van der Waals surface area (Å²) >= 11 is 6.48. The van der Waals surface area contributed by atoms with Gasteiger partial charge in [0.1, 0.15) is 6.19 Å². The van der Waals surface area contributed by atoms with Gasteiger partial charge in [-0.1, -0.05) is 11.6 Å². The molecule has 0 saturated heterocycles. The smallest absolute Gasteiger partial charge is 0.308 e. The summed E-state index contributed by atoms with van der Waals surface area (Å²) in [6.45, 7) is 0. The van der Waals surface area contributed by atoms with Gasteiger partial charge in [-0.25, -0.2) is 0 Å². The third-order valence-corrected chi connectivity index (χ3v) is 2.26. The van der Waals surface area contributed by atoms with Crippen molar-refractivity contribution in [1.29, 1.82) is 0 Å². The molecule has 0 aliphatic rings. The number of halogens is 2. The van der Waals surface area contributed by atoms with Crippen LogP contribution in [0.15, 0.2) is 5.38 Å². The lowest BCUT2D eigenvalue weighted by atomic mass is 9.99. The van der Waals surface area contributed by atoms with Crippen LogP contribution in [0.2, 0.25) is 5.02 Å². The lowest BCUT2D eigenvalue weighted by molar-refractivity contribution is 0.568. The van der Waals surface area contributed by atoms with Gasteiger partial charge in [0.05, 0.1) is 10.7 Å². The maximum Gasteiger partial charge on any atom is 0.308 e. The fourth-order valence-corrected chi connectivity index (χ4v) is 1.58. The Balaban J connectivity index is 2.74. The number of thiophene rings is 1. The molecular weight excluding hydrogens is 187 g/mol. The normalized spacial score (nSPS) is 9.27. The average Bonchev–Trinajstić information content (AvgIpc) is 2.29. The fourth-order valence-electron chi connectivity index (χ4n) is 0.613. The van der Waals surface area contributed by atoms with Crippen LogP contribution < -0.4 is 5.23 Å². The molecule has 1 rings (SSSR count). The highest BCUT2D eigenvalue weighted by atomic mass is 35.5. The number of hydrogen-bond acceptors (Lipinski definition) is 3. The lowest BCUT2D eigenvalue weighted by Gasteiger charge is -1.97. The highest BCUT2D eigenvalue weighted by Gasteiger charge is 2.08. The van der Waals surface area contributed by atoms with Crippen LogP contribution >= 0.6 is 22.9 Å². The van der Waals surface area contributed by atoms with Crippen molar-refractivity contribution in [3.63, 3.8) is 0 Å². The minimum atomic E-state index is -0.392. The van der Waals surface area contributed by atoms with Gasteiger partial charge in [-0.05, 0) is 0 Å². The van der Waals surface area contributed by atoms with Gasteiger partial charge >= 0.3 is 7.41 Å². The zero-order chi connectivity index (χ0) is 8.27. The average molecular weight is 191 g/mol. The largest absolute Gasteiger partial charge is 0.420 e. The van der Waals surface area contributed by atoms with Gasteiger partial charge in [-0.15, -0.1) is 11.3 Å². The van der Waals surface area contributed by atoms with Crippen LogP contribution in [0.1, 0.15) is 0 Å². The summed E-state index contributed by atoms with van der Waals surface area (Å²) in [5.41, 5.74) is 0.212. The molecular formula is C5H4BClFNOS. The molecule has 1 heterocycles. The molecule has 0 amide bonds. The van der Waals surface area contributed by atoms with E-state index in [1.54, 1.807) is 0 Å². The van der Waals surface area contributed by atoms with Crippen LogP contribution in [0.5, 0.6) is 0 Å². The van der Waals surface area contributed by atoms with Gasteiger partial charge in [-0.2, -0.15) is 4.39 Å². The monoisotopic (exact) mass is 191 g/mol. The molecule has 0 aromatic carbocycles. The molecule has 1 N–H and O–H groups in total. The van der Waals surface area contributed by atoms with Gasteiger partial charge in [0, 0.05) is 5.38 Å². The first-order chi connectivity index (χ1) is 5.25. The van der Waals surface area contributed by atoms with E-state index < -0.39 is 5.13 Å². The number of nitrogens with one attached hydrogen (secondary N) is 1. The third-order valence-electron chi connectivity index (χ3n) is 1.06. The van der Waals surface area contributed by atoms with Gasteiger partial charge in [0.25, 0.3) is 0 Å². The Morgan fingerprint density at radius 1 is 1.82 bits per heavy atom. The first kappa shape index (κ1) is 8.55. The zero-order valence-corrected chi connectivity index (χ0v) is 7.01. The van der Waals surface area contributed by atoms with Crippen molar-refractivity contribution >= 4 is 42.2 Å². The predicted octanol–water partition coefficient (Wildman–Crippen LogP) is 1.49. The van der Waals surface area contributed by atoms with Crippen molar-refractivity contribution in [3.05, 3.63) is 15.5 Å². The highest BCUT2D eigenvalue weighted by Crippen LogP contribution is 2.29. The van der Waals surface area contributed by atoms with Crippen molar-refractivity contribution in [3.8, 4) is 0 Å². The fraction of sp³-hybridized carbons (Fsp3) is 0. The van der Waals surface area contributed by atoms with E-state index >= 15 is 0 Å². The van der Waals surface area contributed by atoms with Crippen molar-refractivity contribution in [1.82, 2.24) is 0 Å². The zero-order valence-electron chi connectivity index (χ0n) is 5.43. The summed E-state index contributed by atoms with van der Waals surface area (Å²) in [7, 11) is 0.0768. The lowest BCUT2D eigenvalue weighted by Crippen LogP contribution is -2.07. The minimum absolute atomic E-state index is 0.0768. The second-order valence-corrected chi connectivity index (χ2v) is 3.02. The molecule has 2 nitrogen and oxygen atoms in total. The SMILES string of the molecule is O=CBNc1c(Cl)csc1F. The van der Waals surface area contributed by atoms with Crippen LogP contribution in [0, 0.1) is 5.13 Å². The molecule has 0 atom stereocenters. The second-order valence-electron chi connectivity index (χ2n) is 1.78. The summed E-state index contributed by atoms with van der Waals surface area (Å²) < 4.78 is 12.7. The van der Waals surface area contributed by atoms with Crippen LogP contribution in [-0.4, -0.2) is 13.6 Å². The van der Waals surface area contributed by atoms with E-state index in [9.17, 15) is 9.18 Å². The molecule has 58 valence electrons. The van der Waals surface area contributed by atoms with Crippen LogP contribution in [0.3, 0.4) is 0 Å². The van der Waals surface area contributed by atoms with Crippen molar-refractivity contribution in [2.45, 2.75) is 0 Å². The molecule has 0 bridgehead atoms. The Bertz CT molecular complexity index is 247. The topological polar surface area (TPSA) is 29.1 Å². The standard InChI is InChI=1S/C5H4BClFNOS/c7-3-1-11-5(8)4(3)9-6-2-10/h1-2,6,9H. The molecule has 0 spiro atoms. The molecule has 0 saturated carbocycles. The summed E-state index contributed by atoms with van der Waals surface area (Å²) in [6, 6.07) is 0. The molecule has 1 aromatic rings. The molecule has 1 aromatic heterocycles. The van der Waals surface area contributed by atoms with Gasteiger partial charge in [0.15, 0.2) is 5.13 Å². The Labute approximate surface area is 72.6 Å². The van der Waals surface area contributed by atoms with Crippen molar-refractivity contribution in [2.24, 2.45) is 0 Å². The minimum Gasteiger partial charge on any atom is -0.420 e. The van der Waals surface area contributed by atoms with Crippen LogP contribution in [0.4, 0.5) is 10.1 Å². The van der Waals surface area contributed by atoms with E-state index in [0.717, 1.165) is 11.3 Å². The number of rotatable bonds is 3. The third kappa shape index (κ3) is 1.94. The summed E-state index contributed by atoms with van der Waals surface area (Å²) in [5, 5.41) is 3.94. The number of carbonyl (C=O) groups is 1. The highest BCUT2D eigenvalue weighted by molar-refractivity contribution is 7.09.